The van der Waals surface area contributed by atoms with Crippen molar-refractivity contribution in [3.05, 3.63) is 47.2 Å². The molecule has 2 amide bonds. The highest BCUT2D eigenvalue weighted by molar-refractivity contribution is 7.15. The van der Waals surface area contributed by atoms with Gasteiger partial charge in [0, 0.05) is 50.2 Å². The first-order valence-corrected chi connectivity index (χ1v) is 15.4. The minimum atomic E-state index is -0.159. The highest BCUT2D eigenvalue weighted by atomic mass is 32.1. The van der Waals surface area contributed by atoms with Crippen LogP contribution in [0, 0.1) is 6.92 Å². The summed E-state index contributed by atoms with van der Waals surface area (Å²) in [6.45, 7) is 5.64. The van der Waals surface area contributed by atoms with Gasteiger partial charge in [0.25, 0.3) is 0 Å². The van der Waals surface area contributed by atoms with Gasteiger partial charge in [-0.05, 0) is 68.8 Å². The molecular weight excluding hydrogens is 538 g/mol. The zero-order valence-corrected chi connectivity index (χ0v) is 24.3. The van der Waals surface area contributed by atoms with Gasteiger partial charge in [-0.2, -0.15) is 4.98 Å². The van der Waals surface area contributed by atoms with Crippen molar-refractivity contribution >= 4 is 34.8 Å². The van der Waals surface area contributed by atoms with E-state index in [9.17, 15) is 9.59 Å². The van der Waals surface area contributed by atoms with Gasteiger partial charge in [-0.25, -0.2) is 9.97 Å². The number of amides is 2. The van der Waals surface area contributed by atoms with Gasteiger partial charge in [0.1, 0.15) is 16.7 Å². The van der Waals surface area contributed by atoms with E-state index in [-0.39, 0.29) is 23.5 Å². The van der Waals surface area contributed by atoms with Crippen molar-refractivity contribution in [2.45, 2.75) is 69.9 Å². The standard InChI is InChI=1S/C24H26N6O2S.C6H11NO/c1-15-9-16(19-14-27-22(33-19)24-5-2-8-30(24)21(31)12-24)11-17(10-15)28-23-26-7-4-20(29-23)32-18-3-6-25-13-18;8-6-4-2-1-3-5-7-6/h4,7,9-11,14,18,25H,2-3,5-6,8,12-13H2,1H3,(H,26,28,29);1-5H2,(H,7,8)/t18-,24?;/m1./s1. The Labute approximate surface area is 244 Å². The Bertz CT molecular complexity index is 1400. The number of fused-ring (bicyclic) bond motifs is 1. The minimum Gasteiger partial charge on any atom is -0.473 e. The third-order valence-electron chi connectivity index (χ3n) is 8.09. The van der Waals surface area contributed by atoms with Crippen LogP contribution in [0.3, 0.4) is 0 Å². The molecule has 4 saturated heterocycles. The molecule has 0 spiro atoms. The second kappa shape index (κ2) is 12.1. The summed E-state index contributed by atoms with van der Waals surface area (Å²) >= 11 is 1.69. The number of β-lactam (4-membered cyclic amide) rings is 1. The fourth-order valence-corrected chi connectivity index (χ4v) is 7.13. The third kappa shape index (κ3) is 6.20. The van der Waals surface area contributed by atoms with Gasteiger partial charge in [-0.3, -0.25) is 9.59 Å². The van der Waals surface area contributed by atoms with Gasteiger partial charge in [0.2, 0.25) is 23.6 Å². The van der Waals surface area contributed by atoms with Crippen molar-refractivity contribution < 1.29 is 14.3 Å². The lowest BCUT2D eigenvalue weighted by atomic mass is 9.85. The lowest BCUT2D eigenvalue weighted by Gasteiger charge is -2.45. The number of hydrogen-bond donors (Lipinski definition) is 3. The third-order valence-corrected chi connectivity index (χ3v) is 9.33. The van der Waals surface area contributed by atoms with Crippen LogP contribution in [0.2, 0.25) is 0 Å². The molecular formula is C30H37N7O3S. The number of nitrogens with one attached hydrogen (secondary N) is 3. The Morgan fingerprint density at radius 2 is 2.05 bits per heavy atom. The fraction of sp³-hybridized carbons (Fsp3) is 0.500. The number of carbonyl (C=O) groups excluding carboxylic acids is 2. The summed E-state index contributed by atoms with van der Waals surface area (Å²) in [5.41, 5.74) is 2.99. The molecule has 4 fully saturated rings. The molecule has 2 aromatic heterocycles. The van der Waals surface area contributed by atoms with Crippen LogP contribution in [-0.4, -0.2) is 63.9 Å². The van der Waals surface area contributed by atoms with Crippen LogP contribution in [0.15, 0.2) is 36.7 Å². The van der Waals surface area contributed by atoms with E-state index in [2.05, 4.69) is 51.0 Å². The molecule has 3 N–H and O–H groups in total. The SMILES string of the molecule is Cc1cc(Nc2nccc(O[C@@H]3CCNC3)n2)cc(-c2cnc(C34CCCN3C(=O)C4)s2)c1.O=C1CCCCCN1. The van der Waals surface area contributed by atoms with E-state index in [1.807, 2.05) is 11.1 Å². The predicted molar refractivity (Wildman–Crippen MR) is 158 cm³/mol. The maximum Gasteiger partial charge on any atom is 0.230 e. The van der Waals surface area contributed by atoms with Gasteiger partial charge in [0.15, 0.2) is 0 Å². The number of hydrogen-bond acceptors (Lipinski definition) is 9. The molecule has 11 heteroatoms. The first kappa shape index (κ1) is 27.6. The second-order valence-corrected chi connectivity index (χ2v) is 12.2. The molecule has 7 rings (SSSR count). The molecule has 1 aromatic carbocycles. The van der Waals surface area contributed by atoms with Gasteiger partial charge in [-0.1, -0.05) is 12.5 Å². The van der Waals surface area contributed by atoms with Crippen LogP contribution >= 0.6 is 11.3 Å². The normalized spacial score (nSPS) is 23.5. The molecule has 10 nitrogen and oxygen atoms in total. The molecule has 0 radical (unpaired) electrons. The molecule has 41 heavy (non-hydrogen) atoms. The van der Waals surface area contributed by atoms with Crippen LogP contribution in [0.4, 0.5) is 11.6 Å². The molecule has 0 aliphatic carbocycles. The predicted octanol–water partition coefficient (Wildman–Crippen LogP) is 4.29. The van der Waals surface area contributed by atoms with Crippen LogP contribution in [0.5, 0.6) is 5.88 Å². The Morgan fingerprint density at radius 3 is 2.90 bits per heavy atom. The number of benzene rings is 1. The van der Waals surface area contributed by atoms with Gasteiger partial charge >= 0.3 is 0 Å². The lowest BCUT2D eigenvalue weighted by molar-refractivity contribution is -0.153. The van der Waals surface area contributed by atoms with Crippen LogP contribution in [0.25, 0.3) is 10.4 Å². The van der Waals surface area contributed by atoms with Crippen LogP contribution < -0.4 is 20.7 Å². The number of rotatable bonds is 6. The van der Waals surface area contributed by atoms with Crippen LogP contribution in [0.1, 0.15) is 61.9 Å². The number of aryl methyl sites for hydroxylation is 1. The molecule has 0 bridgehead atoms. The van der Waals surface area contributed by atoms with E-state index in [0.29, 0.717) is 18.2 Å². The first-order chi connectivity index (χ1) is 20.0. The summed E-state index contributed by atoms with van der Waals surface area (Å²) in [6, 6.07) is 8.12. The molecule has 6 heterocycles. The molecule has 216 valence electrons. The second-order valence-electron chi connectivity index (χ2n) is 11.2. The highest BCUT2D eigenvalue weighted by Crippen LogP contribution is 2.51. The minimum absolute atomic E-state index is 0.153. The van der Waals surface area contributed by atoms with E-state index in [0.717, 1.165) is 91.4 Å². The molecule has 4 aliphatic heterocycles. The monoisotopic (exact) mass is 575 g/mol. The van der Waals surface area contributed by atoms with E-state index < -0.39 is 0 Å². The van der Waals surface area contributed by atoms with Crippen molar-refractivity contribution in [1.82, 2.24) is 30.5 Å². The average Bonchev–Trinajstić information content (AvgIpc) is 3.68. The summed E-state index contributed by atoms with van der Waals surface area (Å²) in [4.78, 5) is 39.3. The number of aromatic nitrogens is 3. The summed E-state index contributed by atoms with van der Waals surface area (Å²) in [7, 11) is 0. The maximum absolute atomic E-state index is 12.0. The molecule has 4 aliphatic rings. The number of anilines is 2. The number of nitrogens with zero attached hydrogens (tertiary/aromatic N) is 4. The molecule has 0 saturated carbocycles. The van der Waals surface area contributed by atoms with Crippen molar-refractivity contribution in [3.8, 4) is 16.3 Å². The van der Waals surface area contributed by atoms with E-state index in [4.69, 9.17) is 9.72 Å². The van der Waals surface area contributed by atoms with Gasteiger partial charge in [-0.15, -0.1) is 11.3 Å². The Hall–Kier alpha value is -3.57. The molecule has 1 unspecified atom stereocenters. The maximum atomic E-state index is 12.0. The summed E-state index contributed by atoms with van der Waals surface area (Å²) in [6.07, 6.45) is 11.6. The van der Waals surface area contributed by atoms with Crippen molar-refractivity contribution in [2.75, 3.05) is 31.5 Å². The highest BCUT2D eigenvalue weighted by Gasteiger charge is 2.56. The van der Waals surface area contributed by atoms with Gasteiger partial charge < -0.3 is 25.6 Å². The summed E-state index contributed by atoms with van der Waals surface area (Å²) < 4.78 is 5.96. The Balaban J connectivity index is 0.000000328. The Kier molecular flexibility index (Phi) is 8.16. The molecule has 3 aromatic rings. The largest absolute Gasteiger partial charge is 0.473 e. The lowest BCUT2D eigenvalue weighted by Crippen LogP contribution is -2.57. The van der Waals surface area contributed by atoms with Crippen molar-refractivity contribution in [2.24, 2.45) is 0 Å². The fourth-order valence-electron chi connectivity index (χ4n) is 6.00. The zero-order valence-electron chi connectivity index (χ0n) is 23.4. The summed E-state index contributed by atoms with van der Waals surface area (Å²) in [5.74, 6) is 1.56. The topological polar surface area (TPSA) is 121 Å². The number of thiazole rings is 1. The quantitative estimate of drug-likeness (QED) is 0.372. The van der Waals surface area contributed by atoms with Crippen molar-refractivity contribution in [1.29, 1.82) is 0 Å². The van der Waals surface area contributed by atoms with E-state index in [1.54, 1.807) is 23.6 Å². The summed E-state index contributed by atoms with van der Waals surface area (Å²) in [5, 5.41) is 10.5. The van der Waals surface area contributed by atoms with Crippen molar-refractivity contribution in [3.63, 3.8) is 0 Å². The average molecular weight is 576 g/mol. The van der Waals surface area contributed by atoms with E-state index in [1.165, 1.54) is 6.42 Å². The number of carbonyl (C=O) groups is 2. The zero-order chi connectivity index (χ0) is 28.2. The Morgan fingerprint density at radius 1 is 1.12 bits per heavy atom. The van der Waals surface area contributed by atoms with E-state index >= 15 is 0 Å². The van der Waals surface area contributed by atoms with Crippen LogP contribution in [-0.2, 0) is 15.1 Å². The first-order valence-electron chi connectivity index (χ1n) is 14.6. The molecule has 2 atom stereocenters. The smallest absolute Gasteiger partial charge is 0.230 e. The number of ether oxygens (including phenoxy) is 1. The van der Waals surface area contributed by atoms with Gasteiger partial charge in [0.05, 0.1) is 11.3 Å².